The van der Waals surface area contributed by atoms with Gasteiger partial charge in [-0.3, -0.25) is 0 Å². The number of rotatable bonds is 7. The Hall–Kier alpha value is -1.32. The van der Waals surface area contributed by atoms with Crippen LogP contribution in [0.15, 0.2) is 30.9 Å². The largest absolute Gasteiger partial charge is 0.324 e. The molecule has 108 valence electrons. The van der Waals surface area contributed by atoms with Crippen LogP contribution in [0.25, 0.3) is 11.0 Å². The molecule has 0 bridgehead atoms. The third-order valence-electron chi connectivity index (χ3n) is 3.18. The van der Waals surface area contributed by atoms with Crippen molar-refractivity contribution in [3.63, 3.8) is 0 Å². The molecule has 0 unspecified atom stereocenters. The van der Waals surface area contributed by atoms with Crippen molar-refractivity contribution < 1.29 is 0 Å². The summed E-state index contributed by atoms with van der Waals surface area (Å²) in [5.41, 5.74) is 2.08. The highest BCUT2D eigenvalue weighted by molar-refractivity contribution is 6.31. The van der Waals surface area contributed by atoms with E-state index < -0.39 is 0 Å². The Morgan fingerprint density at radius 2 is 2.25 bits per heavy atom. The van der Waals surface area contributed by atoms with E-state index in [1.54, 1.807) is 0 Å². The number of allylic oxidation sites excluding steroid dienone is 1. The molecule has 0 amide bonds. The Kier molecular flexibility index (Phi) is 5.21. The minimum atomic E-state index is 0.667. The summed E-state index contributed by atoms with van der Waals surface area (Å²) in [6.07, 6.45) is 2.81. The highest BCUT2D eigenvalue weighted by atomic mass is 35.5. The van der Waals surface area contributed by atoms with Crippen molar-refractivity contribution in [3.05, 3.63) is 41.7 Å². The molecule has 1 heterocycles. The van der Waals surface area contributed by atoms with Crippen LogP contribution < -0.4 is 5.32 Å². The summed E-state index contributed by atoms with van der Waals surface area (Å²) in [6, 6.07) is 5.85. The van der Waals surface area contributed by atoms with Crippen LogP contribution in [0.5, 0.6) is 0 Å². The smallest absolute Gasteiger partial charge is 0.111 e. The number of imidazole rings is 1. The van der Waals surface area contributed by atoms with Gasteiger partial charge in [0.2, 0.25) is 0 Å². The maximum atomic E-state index is 6.04. The van der Waals surface area contributed by atoms with E-state index in [1.807, 2.05) is 24.3 Å². The van der Waals surface area contributed by atoms with E-state index in [-0.39, 0.29) is 0 Å². The fraction of sp³-hybridized carbons (Fsp3) is 0.438. The first-order valence-electron chi connectivity index (χ1n) is 7.08. The van der Waals surface area contributed by atoms with Crippen molar-refractivity contribution in [2.45, 2.75) is 26.8 Å². The lowest BCUT2D eigenvalue weighted by molar-refractivity contribution is 0.547. The predicted octanol–water partition coefficient (Wildman–Crippen LogP) is 3.66. The van der Waals surface area contributed by atoms with Gasteiger partial charge in [0, 0.05) is 24.5 Å². The zero-order valence-corrected chi connectivity index (χ0v) is 13.0. The lowest BCUT2D eigenvalue weighted by Crippen LogP contribution is -2.23. The summed E-state index contributed by atoms with van der Waals surface area (Å²) in [6.45, 7) is 11.0. The lowest BCUT2D eigenvalue weighted by atomic mass is 10.2. The maximum Gasteiger partial charge on any atom is 0.111 e. The van der Waals surface area contributed by atoms with Crippen LogP contribution >= 0.6 is 11.6 Å². The second-order valence-corrected chi connectivity index (χ2v) is 5.84. The fourth-order valence-electron chi connectivity index (χ4n) is 2.27. The van der Waals surface area contributed by atoms with E-state index >= 15 is 0 Å². The molecule has 20 heavy (non-hydrogen) atoms. The maximum absolute atomic E-state index is 6.04. The monoisotopic (exact) mass is 291 g/mol. The van der Waals surface area contributed by atoms with Crippen molar-refractivity contribution in [3.8, 4) is 0 Å². The van der Waals surface area contributed by atoms with Crippen molar-refractivity contribution in [2.24, 2.45) is 5.92 Å². The second-order valence-electron chi connectivity index (χ2n) is 5.41. The molecule has 1 aromatic carbocycles. The van der Waals surface area contributed by atoms with E-state index in [9.17, 15) is 0 Å². The molecular formula is C16H22ClN3. The molecule has 0 saturated heterocycles. The van der Waals surface area contributed by atoms with Crippen LogP contribution in [0.1, 0.15) is 19.7 Å². The molecule has 0 saturated carbocycles. The average molecular weight is 292 g/mol. The van der Waals surface area contributed by atoms with E-state index in [0.29, 0.717) is 5.92 Å². The van der Waals surface area contributed by atoms with Gasteiger partial charge in [-0.1, -0.05) is 31.5 Å². The van der Waals surface area contributed by atoms with Crippen LogP contribution in [0.3, 0.4) is 0 Å². The third-order valence-corrected chi connectivity index (χ3v) is 3.41. The first kappa shape index (κ1) is 15.1. The van der Waals surface area contributed by atoms with Crippen molar-refractivity contribution in [2.75, 3.05) is 13.1 Å². The number of benzene rings is 1. The summed E-state index contributed by atoms with van der Waals surface area (Å²) >= 11 is 6.04. The number of hydrogen-bond donors (Lipinski definition) is 1. The van der Waals surface area contributed by atoms with Gasteiger partial charge in [-0.15, -0.1) is 6.58 Å². The fourth-order valence-corrected chi connectivity index (χ4v) is 2.43. The van der Waals surface area contributed by atoms with Gasteiger partial charge in [-0.25, -0.2) is 4.98 Å². The number of halogens is 1. The molecule has 0 aliphatic heterocycles. The highest BCUT2D eigenvalue weighted by Gasteiger charge is 2.09. The van der Waals surface area contributed by atoms with Crippen molar-refractivity contribution in [1.82, 2.24) is 14.9 Å². The first-order valence-corrected chi connectivity index (χ1v) is 7.46. The molecular weight excluding hydrogens is 270 g/mol. The number of nitrogens with one attached hydrogen (secondary N) is 1. The van der Waals surface area contributed by atoms with Crippen LogP contribution in [0.4, 0.5) is 0 Å². The minimum absolute atomic E-state index is 0.667. The van der Waals surface area contributed by atoms with Crippen LogP contribution in [-0.2, 0) is 13.0 Å². The SMILES string of the molecule is C=CCn1c(CCNCC(C)C)nc2cc(Cl)ccc21. The Morgan fingerprint density at radius 1 is 1.45 bits per heavy atom. The van der Waals surface area contributed by atoms with Gasteiger partial charge in [-0.2, -0.15) is 0 Å². The molecule has 3 nitrogen and oxygen atoms in total. The molecule has 1 N–H and O–H groups in total. The Labute approximate surface area is 125 Å². The van der Waals surface area contributed by atoms with E-state index in [2.05, 4.69) is 30.3 Å². The van der Waals surface area contributed by atoms with Crippen LogP contribution in [0, 0.1) is 5.92 Å². The molecule has 2 aromatic rings. The summed E-state index contributed by atoms with van der Waals surface area (Å²) in [4.78, 5) is 4.70. The standard InChI is InChI=1S/C16H22ClN3/c1-4-9-20-15-6-5-13(17)10-14(15)19-16(20)7-8-18-11-12(2)3/h4-6,10,12,18H,1,7-9,11H2,2-3H3. The molecule has 0 fully saturated rings. The summed E-state index contributed by atoms with van der Waals surface area (Å²) in [7, 11) is 0. The van der Waals surface area contributed by atoms with Gasteiger partial charge >= 0.3 is 0 Å². The van der Waals surface area contributed by atoms with Gasteiger partial charge in [0.05, 0.1) is 11.0 Å². The summed E-state index contributed by atoms with van der Waals surface area (Å²) < 4.78 is 2.20. The van der Waals surface area contributed by atoms with Gasteiger partial charge in [0.15, 0.2) is 0 Å². The van der Waals surface area contributed by atoms with Crippen LogP contribution in [-0.4, -0.2) is 22.6 Å². The van der Waals surface area contributed by atoms with Gasteiger partial charge < -0.3 is 9.88 Å². The number of nitrogens with zero attached hydrogens (tertiary/aromatic N) is 2. The van der Waals surface area contributed by atoms with E-state index in [4.69, 9.17) is 16.6 Å². The molecule has 0 aliphatic rings. The Bertz CT molecular complexity index is 587. The average Bonchev–Trinajstić information content (AvgIpc) is 2.72. The van der Waals surface area contributed by atoms with E-state index in [1.165, 1.54) is 0 Å². The van der Waals surface area contributed by atoms with Crippen molar-refractivity contribution in [1.29, 1.82) is 0 Å². The van der Waals surface area contributed by atoms with Gasteiger partial charge in [-0.05, 0) is 30.7 Å². The van der Waals surface area contributed by atoms with E-state index in [0.717, 1.165) is 47.9 Å². The highest BCUT2D eigenvalue weighted by Crippen LogP contribution is 2.21. The topological polar surface area (TPSA) is 29.9 Å². The van der Waals surface area contributed by atoms with Gasteiger partial charge in [0.25, 0.3) is 0 Å². The minimum Gasteiger partial charge on any atom is -0.324 e. The number of aromatic nitrogens is 2. The third kappa shape index (κ3) is 3.62. The quantitative estimate of drug-likeness (QED) is 0.623. The second kappa shape index (κ2) is 6.91. The number of fused-ring (bicyclic) bond motifs is 1. The lowest BCUT2D eigenvalue weighted by Gasteiger charge is -2.09. The normalized spacial score (nSPS) is 11.4. The van der Waals surface area contributed by atoms with Gasteiger partial charge in [0.1, 0.15) is 5.82 Å². The first-order chi connectivity index (χ1) is 9.61. The van der Waals surface area contributed by atoms with Crippen LogP contribution in [0.2, 0.25) is 5.02 Å². The van der Waals surface area contributed by atoms with Crippen molar-refractivity contribution >= 4 is 22.6 Å². The molecule has 0 atom stereocenters. The Morgan fingerprint density at radius 3 is 2.95 bits per heavy atom. The molecule has 0 aliphatic carbocycles. The molecule has 0 radical (unpaired) electrons. The summed E-state index contributed by atoms with van der Waals surface area (Å²) in [5.74, 6) is 1.75. The summed E-state index contributed by atoms with van der Waals surface area (Å²) in [5, 5.41) is 4.18. The molecule has 2 rings (SSSR count). The zero-order valence-electron chi connectivity index (χ0n) is 12.2. The molecule has 1 aromatic heterocycles. The molecule has 0 spiro atoms. The Balaban J connectivity index is 2.18. The zero-order chi connectivity index (χ0) is 14.5. The number of hydrogen-bond acceptors (Lipinski definition) is 2. The predicted molar refractivity (Wildman–Crippen MR) is 86.4 cm³/mol. The molecule has 4 heteroatoms.